The lowest BCUT2D eigenvalue weighted by molar-refractivity contribution is -0.114. The molecule has 32 heavy (non-hydrogen) atoms. The summed E-state index contributed by atoms with van der Waals surface area (Å²) in [7, 11) is -3.74. The summed E-state index contributed by atoms with van der Waals surface area (Å²) in [6, 6.07) is 19.4. The molecule has 2 amide bonds. The van der Waals surface area contributed by atoms with Crippen LogP contribution in [0.25, 0.3) is 10.8 Å². The maximum absolute atomic E-state index is 12.9. The first-order valence-electron chi connectivity index (χ1n) is 10.4. The first kappa shape index (κ1) is 23.3. The van der Waals surface area contributed by atoms with Crippen LogP contribution in [0.2, 0.25) is 0 Å². The summed E-state index contributed by atoms with van der Waals surface area (Å²) in [4.78, 5) is 25.4. The van der Waals surface area contributed by atoms with Crippen molar-refractivity contribution in [3.8, 4) is 0 Å². The van der Waals surface area contributed by atoms with E-state index >= 15 is 0 Å². The van der Waals surface area contributed by atoms with Gasteiger partial charge in [-0.05, 0) is 30.0 Å². The Morgan fingerprint density at radius 2 is 1.62 bits per heavy atom. The third-order valence-electron chi connectivity index (χ3n) is 4.98. The first-order valence-corrected chi connectivity index (χ1v) is 12.3. The Hall–Kier alpha value is -3.39. The molecule has 8 heteroatoms. The van der Waals surface area contributed by atoms with Crippen LogP contribution >= 0.6 is 0 Å². The van der Waals surface area contributed by atoms with Gasteiger partial charge in [0.1, 0.15) is 6.54 Å². The lowest BCUT2D eigenvalue weighted by atomic mass is 10.1. The van der Waals surface area contributed by atoms with Gasteiger partial charge in [-0.2, -0.15) is 0 Å². The third kappa shape index (κ3) is 5.64. The van der Waals surface area contributed by atoms with Crippen LogP contribution in [0, 0.1) is 0 Å². The first-order chi connectivity index (χ1) is 15.3. The van der Waals surface area contributed by atoms with E-state index in [4.69, 9.17) is 0 Å². The van der Waals surface area contributed by atoms with Crippen LogP contribution in [0.15, 0.2) is 66.7 Å². The van der Waals surface area contributed by atoms with Crippen molar-refractivity contribution in [1.82, 2.24) is 5.32 Å². The predicted octanol–water partition coefficient (Wildman–Crippen LogP) is 3.77. The standard InChI is InChI=1S/C24H27N3O4S/c1-3-4-16-25-24(29)20-13-7-8-14-21(20)26-23(28)17-27(32(2,30)31)22-15-9-11-18-10-5-6-12-19(18)22/h5-15H,3-4,16-17H2,1-2H3,(H,25,29)(H,26,28). The second kappa shape index (κ2) is 10.3. The topological polar surface area (TPSA) is 95.6 Å². The number of hydrogen-bond donors (Lipinski definition) is 2. The summed E-state index contributed by atoms with van der Waals surface area (Å²) < 4.78 is 26.2. The molecule has 0 bridgehead atoms. The van der Waals surface area contributed by atoms with Gasteiger partial charge in [0.25, 0.3) is 5.91 Å². The number of hydrogen-bond acceptors (Lipinski definition) is 4. The van der Waals surface area contributed by atoms with Gasteiger partial charge in [-0.1, -0.05) is 61.9 Å². The molecule has 2 N–H and O–H groups in total. The van der Waals surface area contributed by atoms with Gasteiger partial charge in [-0.3, -0.25) is 13.9 Å². The zero-order chi connectivity index (χ0) is 23.1. The van der Waals surface area contributed by atoms with Crippen molar-refractivity contribution in [3.63, 3.8) is 0 Å². The summed E-state index contributed by atoms with van der Waals surface area (Å²) >= 11 is 0. The monoisotopic (exact) mass is 453 g/mol. The Labute approximate surface area is 188 Å². The minimum Gasteiger partial charge on any atom is -0.352 e. The van der Waals surface area contributed by atoms with Gasteiger partial charge in [-0.25, -0.2) is 8.42 Å². The molecule has 0 unspecified atom stereocenters. The quantitative estimate of drug-likeness (QED) is 0.482. The van der Waals surface area contributed by atoms with Crippen molar-refractivity contribution in [2.45, 2.75) is 19.8 Å². The highest BCUT2D eigenvalue weighted by molar-refractivity contribution is 7.92. The van der Waals surface area contributed by atoms with E-state index in [2.05, 4.69) is 10.6 Å². The molecule has 3 rings (SSSR count). The fourth-order valence-corrected chi connectivity index (χ4v) is 4.26. The highest BCUT2D eigenvalue weighted by Gasteiger charge is 2.23. The molecule has 0 aliphatic carbocycles. The molecule has 0 saturated heterocycles. The van der Waals surface area contributed by atoms with Crippen molar-refractivity contribution in [2.75, 3.05) is 29.0 Å². The number of nitrogens with one attached hydrogen (secondary N) is 2. The fraction of sp³-hybridized carbons (Fsp3) is 0.250. The van der Waals surface area contributed by atoms with Gasteiger partial charge < -0.3 is 10.6 Å². The molecule has 0 aromatic heterocycles. The largest absolute Gasteiger partial charge is 0.352 e. The number of unbranched alkanes of at least 4 members (excludes halogenated alkanes) is 1. The summed E-state index contributed by atoms with van der Waals surface area (Å²) in [6.07, 6.45) is 2.87. The average molecular weight is 454 g/mol. The molecule has 0 aliphatic heterocycles. The molecule has 0 heterocycles. The highest BCUT2D eigenvalue weighted by Crippen LogP contribution is 2.28. The zero-order valence-electron chi connectivity index (χ0n) is 18.2. The number of fused-ring (bicyclic) bond motifs is 1. The number of anilines is 2. The molecule has 0 aliphatic rings. The second-order valence-corrected chi connectivity index (χ2v) is 9.38. The van der Waals surface area contributed by atoms with Crippen LogP contribution in [0.4, 0.5) is 11.4 Å². The van der Waals surface area contributed by atoms with Gasteiger partial charge >= 0.3 is 0 Å². The van der Waals surface area contributed by atoms with E-state index in [1.165, 1.54) is 0 Å². The van der Waals surface area contributed by atoms with Crippen molar-refractivity contribution < 1.29 is 18.0 Å². The van der Waals surface area contributed by atoms with Crippen LogP contribution in [-0.4, -0.2) is 39.6 Å². The number of benzene rings is 3. The zero-order valence-corrected chi connectivity index (χ0v) is 19.0. The van der Waals surface area contributed by atoms with Crippen molar-refractivity contribution in [1.29, 1.82) is 0 Å². The number of nitrogens with zero attached hydrogens (tertiary/aromatic N) is 1. The molecule has 0 fully saturated rings. The Morgan fingerprint density at radius 1 is 0.938 bits per heavy atom. The van der Waals surface area contributed by atoms with E-state index in [9.17, 15) is 18.0 Å². The minimum atomic E-state index is -3.74. The molecule has 0 radical (unpaired) electrons. The van der Waals surface area contributed by atoms with Crippen molar-refractivity contribution >= 4 is 44.0 Å². The Balaban J connectivity index is 1.84. The molecule has 0 saturated carbocycles. The normalized spacial score (nSPS) is 11.2. The molecule has 3 aromatic carbocycles. The fourth-order valence-electron chi connectivity index (χ4n) is 3.39. The number of carbonyl (C=O) groups is 2. The second-order valence-electron chi connectivity index (χ2n) is 7.47. The Kier molecular flexibility index (Phi) is 7.48. The average Bonchev–Trinajstić information content (AvgIpc) is 2.77. The summed E-state index contributed by atoms with van der Waals surface area (Å²) in [6.45, 7) is 2.16. The van der Waals surface area contributed by atoms with E-state index in [0.29, 0.717) is 23.5 Å². The number of amides is 2. The van der Waals surface area contributed by atoms with Gasteiger partial charge in [0, 0.05) is 11.9 Å². The van der Waals surface area contributed by atoms with Crippen LogP contribution in [-0.2, 0) is 14.8 Å². The molecule has 0 spiro atoms. The number of sulfonamides is 1. The molecule has 3 aromatic rings. The summed E-state index contributed by atoms with van der Waals surface area (Å²) in [5.41, 5.74) is 1.08. The molecule has 168 valence electrons. The summed E-state index contributed by atoms with van der Waals surface area (Å²) in [5.74, 6) is -0.833. The smallest absolute Gasteiger partial charge is 0.253 e. The maximum atomic E-state index is 12.9. The SMILES string of the molecule is CCCCNC(=O)c1ccccc1NC(=O)CN(c1cccc2ccccc12)S(C)(=O)=O. The Morgan fingerprint density at radius 3 is 2.38 bits per heavy atom. The van der Waals surface area contributed by atoms with Gasteiger partial charge in [0.15, 0.2) is 0 Å². The number of para-hydroxylation sites is 1. The van der Waals surface area contributed by atoms with Crippen molar-refractivity contribution in [2.24, 2.45) is 0 Å². The van der Waals surface area contributed by atoms with E-state index in [1.54, 1.807) is 36.4 Å². The molecular weight excluding hydrogens is 426 g/mol. The van der Waals surface area contributed by atoms with Gasteiger partial charge in [-0.15, -0.1) is 0 Å². The van der Waals surface area contributed by atoms with Crippen molar-refractivity contribution in [3.05, 3.63) is 72.3 Å². The lowest BCUT2D eigenvalue weighted by Crippen LogP contribution is -2.38. The van der Waals surface area contributed by atoms with E-state index in [0.717, 1.165) is 34.2 Å². The van der Waals surface area contributed by atoms with Crippen LogP contribution < -0.4 is 14.9 Å². The highest BCUT2D eigenvalue weighted by atomic mass is 32.2. The lowest BCUT2D eigenvalue weighted by Gasteiger charge is -2.23. The van der Waals surface area contributed by atoms with E-state index < -0.39 is 22.5 Å². The van der Waals surface area contributed by atoms with E-state index in [-0.39, 0.29) is 5.91 Å². The Bertz CT molecular complexity index is 1220. The molecular formula is C24H27N3O4S. The number of carbonyl (C=O) groups excluding carboxylic acids is 2. The van der Waals surface area contributed by atoms with Gasteiger partial charge in [0.05, 0.1) is 23.2 Å². The summed E-state index contributed by atoms with van der Waals surface area (Å²) in [5, 5.41) is 7.12. The number of rotatable bonds is 9. The van der Waals surface area contributed by atoms with Crippen LogP contribution in [0.1, 0.15) is 30.1 Å². The third-order valence-corrected chi connectivity index (χ3v) is 6.11. The minimum absolute atomic E-state index is 0.289. The van der Waals surface area contributed by atoms with Crippen LogP contribution in [0.3, 0.4) is 0 Å². The molecule has 7 nitrogen and oxygen atoms in total. The molecule has 0 atom stereocenters. The maximum Gasteiger partial charge on any atom is 0.253 e. The van der Waals surface area contributed by atoms with Gasteiger partial charge in [0.2, 0.25) is 15.9 Å². The predicted molar refractivity (Wildman–Crippen MR) is 128 cm³/mol. The van der Waals surface area contributed by atoms with E-state index in [1.807, 2.05) is 37.3 Å². The van der Waals surface area contributed by atoms with Crippen LogP contribution in [0.5, 0.6) is 0 Å².